The van der Waals surface area contributed by atoms with Gasteiger partial charge in [-0.2, -0.15) is 5.10 Å². The molecule has 5 nitrogen and oxygen atoms in total. The minimum Gasteiger partial charge on any atom is -0.507 e. The average molecular weight is 264 g/mol. The minimum absolute atomic E-state index is 0.186. The molecule has 1 aliphatic heterocycles. The van der Waals surface area contributed by atoms with E-state index in [2.05, 4.69) is 5.10 Å². The zero-order valence-corrected chi connectivity index (χ0v) is 11.2. The lowest BCUT2D eigenvalue weighted by atomic mass is 10.2. The monoisotopic (exact) mass is 264 g/mol. The number of hydrogen-bond donors (Lipinski definition) is 1. The number of hydrazone groups is 1. The van der Waals surface area contributed by atoms with E-state index in [1.807, 2.05) is 24.1 Å². The number of rotatable bonds is 5. The van der Waals surface area contributed by atoms with E-state index in [1.54, 1.807) is 12.3 Å². The van der Waals surface area contributed by atoms with Gasteiger partial charge in [0.2, 0.25) is 0 Å². The molecule has 0 bridgehead atoms. The van der Waals surface area contributed by atoms with Crippen LogP contribution in [0.4, 0.5) is 0 Å². The minimum atomic E-state index is 0.186. The summed E-state index contributed by atoms with van der Waals surface area (Å²) in [6.07, 6.45) is 2.62. The quantitative estimate of drug-likeness (QED) is 0.825. The number of aromatic hydroxyl groups is 1. The van der Waals surface area contributed by atoms with Crippen molar-refractivity contribution in [2.24, 2.45) is 5.10 Å². The van der Waals surface area contributed by atoms with E-state index in [0.29, 0.717) is 31.1 Å². The molecule has 0 spiro atoms. The van der Waals surface area contributed by atoms with Crippen molar-refractivity contribution in [1.82, 2.24) is 5.01 Å². The Hall–Kier alpha value is -1.75. The molecular weight excluding hydrogens is 244 g/mol. The lowest BCUT2D eigenvalue weighted by molar-refractivity contribution is 0.0397. The third-order valence-corrected chi connectivity index (χ3v) is 2.82. The number of benzene rings is 1. The predicted molar refractivity (Wildman–Crippen MR) is 73.9 cm³/mol. The van der Waals surface area contributed by atoms with Crippen LogP contribution in [-0.4, -0.2) is 49.2 Å². The molecule has 1 aromatic rings. The van der Waals surface area contributed by atoms with Gasteiger partial charge in [0.15, 0.2) is 0 Å². The van der Waals surface area contributed by atoms with Crippen molar-refractivity contribution >= 4 is 6.21 Å². The second kappa shape index (κ2) is 6.99. The van der Waals surface area contributed by atoms with Gasteiger partial charge >= 0.3 is 0 Å². The van der Waals surface area contributed by atoms with Crippen molar-refractivity contribution in [3.63, 3.8) is 0 Å². The summed E-state index contributed by atoms with van der Waals surface area (Å²) in [5.74, 6) is 0.869. The van der Waals surface area contributed by atoms with Gasteiger partial charge in [-0.3, -0.25) is 5.01 Å². The molecule has 5 heteroatoms. The maximum atomic E-state index is 9.91. The summed E-state index contributed by atoms with van der Waals surface area (Å²) in [5.41, 5.74) is 0.690. The van der Waals surface area contributed by atoms with E-state index in [4.69, 9.17) is 9.47 Å². The van der Waals surface area contributed by atoms with Crippen molar-refractivity contribution in [1.29, 1.82) is 0 Å². The molecule has 0 amide bonds. The van der Waals surface area contributed by atoms with Gasteiger partial charge in [0.05, 0.1) is 39.1 Å². The van der Waals surface area contributed by atoms with Crippen LogP contribution < -0.4 is 4.74 Å². The number of nitrogens with zero attached hydrogens (tertiary/aromatic N) is 2. The highest BCUT2D eigenvalue weighted by atomic mass is 16.5. The van der Waals surface area contributed by atoms with Crippen LogP contribution in [0.5, 0.6) is 11.5 Å². The zero-order chi connectivity index (χ0) is 13.5. The fourth-order valence-electron chi connectivity index (χ4n) is 1.76. The van der Waals surface area contributed by atoms with Crippen LogP contribution in [0.15, 0.2) is 23.3 Å². The van der Waals surface area contributed by atoms with Crippen LogP contribution in [0.25, 0.3) is 0 Å². The molecule has 0 saturated carbocycles. The normalized spacial score (nSPS) is 15.9. The summed E-state index contributed by atoms with van der Waals surface area (Å²) < 4.78 is 10.7. The number of hydrogen-bond acceptors (Lipinski definition) is 5. The highest BCUT2D eigenvalue weighted by Gasteiger charge is 2.07. The van der Waals surface area contributed by atoms with E-state index >= 15 is 0 Å². The molecule has 0 radical (unpaired) electrons. The second-order valence-electron chi connectivity index (χ2n) is 4.38. The van der Waals surface area contributed by atoms with E-state index in [0.717, 1.165) is 19.5 Å². The third-order valence-electron chi connectivity index (χ3n) is 2.82. The van der Waals surface area contributed by atoms with Crippen LogP contribution in [0.1, 0.15) is 18.9 Å². The standard InChI is InChI=1S/C14H20N2O3/c1-2-7-19-13-4-3-12(14(17)10-13)11-15-16-5-8-18-9-6-16/h3-4,10-11,17H,2,5-9H2,1H3/b15-11+. The molecule has 0 atom stereocenters. The fourth-order valence-corrected chi connectivity index (χ4v) is 1.76. The van der Waals surface area contributed by atoms with Gasteiger partial charge in [0.25, 0.3) is 0 Å². The summed E-state index contributed by atoms with van der Waals surface area (Å²) in [6, 6.07) is 5.27. The molecule has 1 N–H and O–H groups in total. The number of ether oxygens (including phenoxy) is 2. The van der Waals surface area contributed by atoms with E-state index in [9.17, 15) is 5.11 Å². The lowest BCUT2D eigenvalue weighted by Crippen LogP contribution is -2.32. The van der Waals surface area contributed by atoms with E-state index < -0.39 is 0 Å². The van der Waals surface area contributed by atoms with E-state index in [1.165, 1.54) is 0 Å². The SMILES string of the molecule is CCCOc1ccc(/C=N/N2CCOCC2)c(O)c1. The number of morpholine rings is 1. The first kappa shape index (κ1) is 13.7. The van der Waals surface area contributed by atoms with Crippen LogP contribution >= 0.6 is 0 Å². The van der Waals surface area contributed by atoms with Gasteiger partial charge in [0, 0.05) is 11.6 Å². The topological polar surface area (TPSA) is 54.3 Å². The first-order valence-corrected chi connectivity index (χ1v) is 6.62. The molecule has 2 rings (SSSR count). The molecule has 0 unspecified atom stereocenters. The molecule has 0 aromatic heterocycles. The Morgan fingerprint density at radius 3 is 2.89 bits per heavy atom. The molecule has 1 aliphatic rings. The molecule has 1 aromatic carbocycles. The van der Waals surface area contributed by atoms with Crippen LogP contribution in [0.3, 0.4) is 0 Å². The second-order valence-corrected chi connectivity index (χ2v) is 4.38. The van der Waals surface area contributed by atoms with Gasteiger partial charge in [-0.15, -0.1) is 0 Å². The van der Waals surface area contributed by atoms with Crippen LogP contribution in [0, 0.1) is 0 Å². The van der Waals surface area contributed by atoms with Gasteiger partial charge in [0.1, 0.15) is 11.5 Å². The van der Waals surface area contributed by atoms with Crippen molar-refractivity contribution in [2.45, 2.75) is 13.3 Å². The summed E-state index contributed by atoms with van der Waals surface area (Å²) in [5, 5.41) is 16.2. The summed E-state index contributed by atoms with van der Waals surface area (Å²) in [6.45, 7) is 5.67. The van der Waals surface area contributed by atoms with Gasteiger partial charge in [-0.25, -0.2) is 0 Å². The molecule has 0 aliphatic carbocycles. The Labute approximate surface area is 113 Å². The van der Waals surface area contributed by atoms with Crippen LogP contribution in [-0.2, 0) is 4.74 Å². The Morgan fingerprint density at radius 1 is 1.42 bits per heavy atom. The Balaban J connectivity index is 1.97. The Kier molecular flexibility index (Phi) is 5.03. The van der Waals surface area contributed by atoms with Gasteiger partial charge in [-0.05, 0) is 18.6 Å². The highest BCUT2D eigenvalue weighted by Crippen LogP contribution is 2.22. The van der Waals surface area contributed by atoms with E-state index in [-0.39, 0.29) is 5.75 Å². The molecule has 1 heterocycles. The first-order chi connectivity index (χ1) is 9.29. The maximum absolute atomic E-state index is 9.91. The van der Waals surface area contributed by atoms with Gasteiger partial charge in [-0.1, -0.05) is 6.92 Å². The highest BCUT2D eigenvalue weighted by molar-refractivity contribution is 5.83. The predicted octanol–water partition coefficient (Wildman–Crippen LogP) is 1.85. The molecular formula is C14H20N2O3. The lowest BCUT2D eigenvalue weighted by Gasteiger charge is -2.23. The van der Waals surface area contributed by atoms with Crippen molar-refractivity contribution < 1.29 is 14.6 Å². The Morgan fingerprint density at radius 2 is 2.21 bits per heavy atom. The number of phenolic OH excluding ortho intramolecular Hbond substituents is 1. The van der Waals surface area contributed by atoms with Crippen molar-refractivity contribution in [3.8, 4) is 11.5 Å². The Bertz CT molecular complexity index is 429. The van der Waals surface area contributed by atoms with Gasteiger partial charge < -0.3 is 14.6 Å². The van der Waals surface area contributed by atoms with Crippen molar-refractivity contribution in [3.05, 3.63) is 23.8 Å². The smallest absolute Gasteiger partial charge is 0.128 e. The number of phenols is 1. The zero-order valence-electron chi connectivity index (χ0n) is 11.2. The van der Waals surface area contributed by atoms with Crippen LogP contribution in [0.2, 0.25) is 0 Å². The van der Waals surface area contributed by atoms with Crippen molar-refractivity contribution in [2.75, 3.05) is 32.9 Å². The largest absolute Gasteiger partial charge is 0.507 e. The molecule has 1 fully saturated rings. The molecule has 1 saturated heterocycles. The fraction of sp³-hybridized carbons (Fsp3) is 0.500. The molecule has 104 valence electrons. The average Bonchev–Trinajstić information content (AvgIpc) is 2.45. The summed E-state index contributed by atoms with van der Waals surface area (Å²) in [4.78, 5) is 0. The first-order valence-electron chi connectivity index (χ1n) is 6.62. The summed E-state index contributed by atoms with van der Waals surface area (Å²) >= 11 is 0. The molecule has 19 heavy (non-hydrogen) atoms. The maximum Gasteiger partial charge on any atom is 0.128 e. The summed E-state index contributed by atoms with van der Waals surface area (Å²) in [7, 11) is 0. The third kappa shape index (κ3) is 4.13.